The van der Waals surface area contributed by atoms with E-state index < -0.39 is 5.41 Å². The average molecular weight is 451 g/mol. The fourth-order valence-corrected chi connectivity index (χ4v) is 4.25. The number of nitrogens with one attached hydrogen (secondary N) is 1. The van der Waals surface area contributed by atoms with E-state index in [1.54, 1.807) is 0 Å². The lowest BCUT2D eigenvalue weighted by Gasteiger charge is -2.24. The highest BCUT2D eigenvalue weighted by molar-refractivity contribution is 5.80. The Morgan fingerprint density at radius 1 is 1.06 bits per heavy atom. The smallest absolute Gasteiger partial charge is 0.251 e. The normalized spacial score (nSPS) is 12.8. The number of anilines is 1. The Balaban J connectivity index is 1.55. The summed E-state index contributed by atoms with van der Waals surface area (Å²) in [6.45, 7) is 4.76. The second-order valence-corrected chi connectivity index (χ2v) is 9.04. The largest absolute Gasteiger partial charge is 0.359 e. The summed E-state index contributed by atoms with van der Waals surface area (Å²) in [6, 6.07) is 26.7. The molecule has 1 unspecified atom stereocenters. The predicted molar refractivity (Wildman–Crippen MR) is 138 cm³/mol. The highest BCUT2D eigenvalue weighted by Crippen LogP contribution is 2.30. The molecule has 0 radical (unpaired) electrons. The van der Waals surface area contributed by atoms with Crippen molar-refractivity contribution in [3.8, 4) is 6.07 Å². The van der Waals surface area contributed by atoms with Gasteiger partial charge in [-0.2, -0.15) is 5.26 Å². The summed E-state index contributed by atoms with van der Waals surface area (Å²) in [4.78, 5) is 22.3. The lowest BCUT2D eigenvalue weighted by atomic mass is 9.79. The first kappa shape index (κ1) is 23.3. The van der Waals surface area contributed by atoms with Crippen LogP contribution in [-0.2, 0) is 24.7 Å². The molecule has 2 heterocycles. The van der Waals surface area contributed by atoms with E-state index in [1.807, 2.05) is 69.4 Å². The Morgan fingerprint density at radius 3 is 2.59 bits per heavy atom. The molecule has 5 nitrogen and oxygen atoms in total. The molecule has 5 heteroatoms. The maximum atomic E-state index is 12.3. The molecule has 1 atom stereocenters. The van der Waals surface area contributed by atoms with Gasteiger partial charge in [0.1, 0.15) is 5.82 Å². The molecule has 2 aromatic heterocycles. The van der Waals surface area contributed by atoms with Crippen molar-refractivity contribution in [2.45, 2.75) is 38.5 Å². The minimum Gasteiger partial charge on any atom is -0.359 e. The lowest BCUT2D eigenvalue weighted by molar-refractivity contribution is 0.596. The first-order valence-corrected chi connectivity index (χ1v) is 11.7. The number of likely N-dealkylation sites (N-methyl/N-ethyl adjacent to an activating group) is 1. The molecule has 0 spiro atoms. The summed E-state index contributed by atoms with van der Waals surface area (Å²) < 4.78 is 0. The highest BCUT2D eigenvalue weighted by atomic mass is 16.1. The van der Waals surface area contributed by atoms with Crippen LogP contribution < -0.4 is 10.5 Å². The number of benzene rings is 2. The molecular formula is C29H30N4O. The third kappa shape index (κ3) is 5.02. The van der Waals surface area contributed by atoms with Gasteiger partial charge in [0, 0.05) is 36.8 Å². The van der Waals surface area contributed by atoms with Crippen molar-refractivity contribution >= 4 is 16.7 Å². The van der Waals surface area contributed by atoms with Gasteiger partial charge in [0.05, 0.1) is 11.5 Å². The van der Waals surface area contributed by atoms with Crippen LogP contribution in [0, 0.1) is 11.3 Å². The number of aromatic amines is 1. The second-order valence-electron chi connectivity index (χ2n) is 9.04. The Kier molecular flexibility index (Phi) is 6.79. The van der Waals surface area contributed by atoms with Crippen molar-refractivity contribution in [1.82, 2.24) is 9.97 Å². The van der Waals surface area contributed by atoms with Crippen molar-refractivity contribution in [3.05, 3.63) is 106 Å². The van der Waals surface area contributed by atoms with Gasteiger partial charge in [-0.05, 0) is 60.5 Å². The topological polar surface area (TPSA) is 72.8 Å². The van der Waals surface area contributed by atoms with Gasteiger partial charge in [0.2, 0.25) is 0 Å². The number of fused-ring (bicyclic) bond motifs is 1. The third-order valence-electron chi connectivity index (χ3n) is 6.48. The molecule has 34 heavy (non-hydrogen) atoms. The molecule has 0 amide bonds. The predicted octanol–water partition coefficient (Wildman–Crippen LogP) is 5.19. The van der Waals surface area contributed by atoms with Crippen LogP contribution in [-0.4, -0.2) is 23.6 Å². The van der Waals surface area contributed by atoms with Crippen LogP contribution in [0.25, 0.3) is 10.9 Å². The van der Waals surface area contributed by atoms with Gasteiger partial charge in [-0.15, -0.1) is 0 Å². The van der Waals surface area contributed by atoms with Gasteiger partial charge in [-0.3, -0.25) is 4.79 Å². The number of pyridine rings is 2. The SMILES string of the molecule is CCc1cc2ccc(C(C)(C#N)Cc3cccc(N(C)CCc4ccccc4)n3)cc2[nH]c1=O. The van der Waals surface area contributed by atoms with E-state index in [0.717, 1.165) is 46.5 Å². The quantitative estimate of drug-likeness (QED) is 0.401. The molecule has 4 aromatic rings. The molecule has 0 aliphatic carbocycles. The van der Waals surface area contributed by atoms with Gasteiger partial charge >= 0.3 is 0 Å². The van der Waals surface area contributed by atoms with E-state index in [4.69, 9.17) is 4.98 Å². The zero-order chi connectivity index (χ0) is 24.1. The van der Waals surface area contributed by atoms with Crippen molar-refractivity contribution in [2.24, 2.45) is 0 Å². The first-order chi connectivity index (χ1) is 16.4. The van der Waals surface area contributed by atoms with Crippen LogP contribution in [0.15, 0.2) is 77.6 Å². The molecule has 4 rings (SSSR count). The van der Waals surface area contributed by atoms with E-state index in [-0.39, 0.29) is 5.56 Å². The molecule has 2 aromatic carbocycles. The molecule has 0 saturated carbocycles. The number of rotatable bonds is 8. The monoisotopic (exact) mass is 450 g/mol. The van der Waals surface area contributed by atoms with E-state index >= 15 is 0 Å². The van der Waals surface area contributed by atoms with Crippen LogP contribution in [0.3, 0.4) is 0 Å². The van der Waals surface area contributed by atoms with E-state index in [9.17, 15) is 10.1 Å². The Bertz CT molecular complexity index is 1390. The lowest BCUT2D eigenvalue weighted by Crippen LogP contribution is -2.25. The number of nitrogens with zero attached hydrogens (tertiary/aromatic N) is 3. The summed E-state index contributed by atoms with van der Waals surface area (Å²) in [6.07, 6.45) is 2.10. The number of nitriles is 1. The zero-order valence-electron chi connectivity index (χ0n) is 20.0. The minimum atomic E-state index is -0.775. The summed E-state index contributed by atoms with van der Waals surface area (Å²) in [5.74, 6) is 0.892. The van der Waals surface area contributed by atoms with Gasteiger partial charge in [0.25, 0.3) is 5.56 Å². The Hall–Kier alpha value is -3.91. The van der Waals surface area contributed by atoms with Crippen molar-refractivity contribution in [3.63, 3.8) is 0 Å². The highest BCUT2D eigenvalue weighted by Gasteiger charge is 2.28. The molecule has 172 valence electrons. The summed E-state index contributed by atoms with van der Waals surface area (Å²) in [5.41, 5.74) is 3.70. The van der Waals surface area contributed by atoms with Crippen molar-refractivity contribution in [2.75, 3.05) is 18.5 Å². The van der Waals surface area contributed by atoms with E-state index in [0.29, 0.717) is 12.8 Å². The summed E-state index contributed by atoms with van der Waals surface area (Å²) in [7, 11) is 2.04. The van der Waals surface area contributed by atoms with Gasteiger partial charge in [-0.25, -0.2) is 4.98 Å². The fraction of sp³-hybridized carbons (Fsp3) is 0.276. The molecular weight excluding hydrogens is 420 g/mol. The minimum absolute atomic E-state index is 0.0706. The van der Waals surface area contributed by atoms with Crippen LogP contribution in [0.1, 0.15) is 36.2 Å². The molecule has 1 N–H and O–H groups in total. The second kappa shape index (κ2) is 9.93. The molecule has 0 fully saturated rings. The Morgan fingerprint density at radius 2 is 1.85 bits per heavy atom. The van der Waals surface area contributed by atoms with Crippen LogP contribution in [0.2, 0.25) is 0 Å². The zero-order valence-corrected chi connectivity index (χ0v) is 20.0. The fourth-order valence-electron chi connectivity index (χ4n) is 4.25. The summed E-state index contributed by atoms with van der Waals surface area (Å²) in [5, 5.41) is 11.1. The number of hydrogen-bond donors (Lipinski definition) is 1. The number of aromatic nitrogens is 2. The number of H-pyrrole nitrogens is 1. The van der Waals surface area contributed by atoms with Gasteiger partial charge < -0.3 is 9.88 Å². The first-order valence-electron chi connectivity index (χ1n) is 11.7. The standard InChI is InChI=1S/C29H30N4O/c1-4-22-17-23-13-14-24(18-26(23)32-28(22)34)29(2,20-30)19-25-11-8-12-27(31-25)33(3)16-15-21-9-6-5-7-10-21/h5-14,17-18H,4,15-16,19H2,1-3H3,(H,32,34). The maximum absolute atomic E-state index is 12.3. The van der Waals surface area contributed by atoms with E-state index in [1.165, 1.54) is 5.56 Å². The Labute approximate surface area is 200 Å². The van der Waals surface area contributed by atoms with E-state index in [2.05, 4.69) is 40.2 Å². The van der Waals surface area contributed by atoms with Crippen LogP contribution in [0.4, 0.5) is 5.82 Å². The molecule has 0 saturated heterocycles. The molecule has 0 aliphatic rings. The maximum Gasteiger partial charge on any atom is 0.251 e. The van der Waals surface area contributed by atoms with Gasteiger partial charge in [-0.1, -0.05) is 55.5 Å². The number of hydrogen-bond acceptors (Lipinski definition) is 4. The van der Waals surface area contributed by atoms with Crippen molar-refractivity contribution < 1.29 is 0 Å². The van der Waals surface area contributed by atoms with Crippen molar-refractivity contribution in [1.29, 1.82) is 5.26 Å². The third-order valence-corrected chi connectivity index (χ3v) is 6.48. The molecule has 0 aliphatic heterocycles. The molecule has 0 bridgehead atoms. The van der Waals surface area contributed by atoms with Crippen LogP contribution in [0.5, 0.6) is 0 Å². The summed E-state index contributed by atoms with van der Waals surface area (Å²) >= 11 is 0. The van der Waals surface area contributed by atoms with Gasteiger partial charge in [0.15, 0.2) is 0 Å². The number of aryl methyl sites for hydroxylation is 1. The average Bonchev–Trinajstić information content (AvgIpc) is 2.87. The van der Waals surface area contributed by atoms with Crippen LogP contribution >= 0.6 is 0 Å².